The number of rotatable bonds is 2. The van der Waals surface area contributed by atoms with Crippen LogP contribution in [0.4, 0.5) is 5.69 Å². The van der Waals surface area contributed by atoms with E-state index in [4.69, 9.17) is 0 Å². The highest BCUT2D eigenvalue weighted by Gasteiger charge is 2.51. The van der Waals surface area contributed by atoms with Crippen LogP contribution in [0.1, 0.15) is 12.0 Å². The van der Waals surface area contributed by atoms with Crippen molar-refractivity contribution < 1.29 is 9.59 Å². The van der Waals surface area contributed by atoms with Crippen molar-refractivity contribution in [2.75, 3.05) is 18.4 Å². The van der Waals surface area contributed by atoms with Gasteiger partial charge in [-0.3, -0.25) is 9.59 Å². The van der Waals surface area contributed by atoms with Crippen LogP contribution >= 0.6 is 0 Å². The molecule has 1 N–H and O–H groups in total. The van der Waals surface area contributed by atoms with Gasteiger partial charge >= 0.3 is 0 Å². The van der Waals surface area contributed by atoms with E-state index in [-0.39, 0.29) is 18.4 Å². The predicted molar refractivity (Wildman–Crippen MR) is 75.8 cm³/mol. The van der Waals surface area contributed by atoms with Crippen molar-refractivity contribution in [1.29, 1.82) is 0 Å². The van der Waals surface area contributed by atoms with Gasteiger partial charge in [0, 0.05) is 18.8 Å². The maximum Gasteiger partial charge on any atom is 0.244 e. The molecule has 1 fully saturated rings. The van der Waals surface area contributed by atoms with Crippen molar-refractivity contribution >= 4 is 17.5 Å². The smallest absolute Gasteiger partial charge is 0.244 e. The molecule has 0 bridgehead atoms. The monoisotopic (exact) mass is 298 g/mol. The Labute approximate surface area is 126 Å². The molecule has 2 aromatic rings. The zero-order chi connectivity index (χ0) is 15.2. The van der Waals surface area contributed by atoms with Crippen LogP contribution in [0.3, 0.4) is 0 Å². The zero-order valence-electron chi connectivity index (χ0n) is 11.8. The second kappa shape index (κ2) is 4.62. The number of nitrogens with zero attached hydrogens (tertiary/aromatic N) is 5. The molecule has 2 aliphatic rings. The Morgan fingerprint density at radius 1 is 1.36 bits per heavy atom. The van der Waals surface area contributed by atoms with Crippen molar-refractivity contribution in [3.8, 4) is 0 Å². The summed E-state index contributed by atoms with van der Waals surface area (Å²) in [5, 5.41) is 13.6. The first-order valence-corrected chi connectivity index (χ1v) is 7.08. The fourth-order valence-electron chi connectivity index (χ4n) is 3.29. The van der Waals surface area contributed by atoms with Crippen molar-refractivity contribution in [2.24, 2.45) is 0 Å². The maximum absolute atomic E-state index is 12.5. The van der Waals surface area contributed by atoms with Crippen LogP contribution in [0.5, 0.6) is 0 Å². The molecular weight excluding hydrogens is 284 g/mol. The van der Waals surface area contributed by atoms with Gasteiger partial charge < -0.3 is 10.2 Å². The molecule has 4 rings (SSSR count). The lowest BCUT2D eigenvalue weighted by Gasteiger charge is -2.22. The van der Waals surface area contributed by atoms with E-state index in [9.17, 15) is 9.59 Å². The number of nitrogens with one attached hydrogen (secondary N) is 1. The van der Waals surface area contributed by atoms with Crippen LogP contribution in [0.2, 0.25) is 0 Å². The molecule has 112 valence electrons. The molecule has 2 aliphatic heterocycles. The standard InChI is InChI=1S/C14H14N6O2/c21-12(7-20-9-15-17-18-20)19-6-5-14(8-19)10-3-1-2-4-11(10)16-13(14)22/h1-4,9H,5-8H2,(H,16,22). The number of hydrogen-bond donors (Lipinski definition) is 1. The Morgan fingerprint density at radius 2 is 2.23 bits per heavy atom. The van der Waals surface area contributed by atoms with Crippen LogP contribution in [0.15, 0.2) is 30.6 Å². The van der Waals surface area contributed by atoms with E-state index in [2.05, 4.69) is 20.8 Å². The summed E-state index contributed by atoms with van der Waals surface area (Å²) in [7, 11) is 0. The summed E-state index contributed by atoms with van der Waals surface area (Å²) in [4.78, 5) is 26.5. The lowest BCUT2D eigenvalue weighted by molar-refractivity contribution is -0.131. The number of aromatic nitrogens is 4. The van der Waals surface area contributed by atoms with E-state index in [1.54, 1.807) is 4.90 Å². The minimum absolute atomic E-state index is 0.0218. The molecule has 1 aromatic heterocycles. The Balaban J connectivity index is 1.57. The Kier molecular flexibility index (Phi) is 2.72. The number of amides is 2. The van der Waals surface area contributed by atoms with Gasteiger partial charge in [-0.1, -0.05) is 18.2 Å². The maximum atomic E-state index is 12.5. The van der Waals surface area contributed by atoms with E-state index >= 15 is 0 Å². The summed E-state index contributed by atoms with van der Waals surface area (Å²) >= 11 is 0. The van der Waals surface area contributed by atoms with Gasteiger partial charge in [-0.25, -0.2) is 4.68 Å². The minimum atomic E-state index is -0.618. The zero-order valence-corrected chi connectivity index (χ0v) is 11.8. The highest BCUT2D eigenvalue weighted by molar-refractivity contribution is 6.07. The number of likely N-dealkylation sites (tertiary alicyclic amines) is 1. The number of para-hydroxylation sites is 1. The number of anilines is 1. The van der Waals surface area contributed by atoms with Gasteiger partial charge in [0.15, 0.2) is 0 Å². The van der Waals surface area contributed by atoms with E-state index in [0.717, 1.165) is 11.3 Å². The van der Waals surface area contributed by atoms with Gasteiger partial charge in [0.25, 0.3) is 0 Å². The van der Waals surface area contributed by atoms with Gasteiger partial charge in [0.1, 0.15) is 12.9 Å². The van der Waals surface area contributed by atoms with Gasteiger partial charge in [-0.05, 0) is 28.5 Å². The van der Waals surface area contributed by atoms with Crippen molar-refractivity contribution in [3.05, 3.63) is 36.2 Å². The summed E-state index contributed by atoms with van der Waals surface area (Å²) in [5.41, 5.74) is 1.22. The number of hydrogen-bond acceptors (Lipinski definition) is 5. The van der Waals surface area contributed by atoms with Gasteiger partial charge in [-0.2, -0.15) is 0 Å². The highest BCUT2D eigenvalue weighted by atomic mass is 16.2. The van der Waals surface area contributed by atoms with Gasteiger partial charge in [-0.15, -0.1) is 5.10 Å². The van der Waals surface area contributed by atoms with Crippen LogP contribution < -0.4 is 5.32 Å². The Bertz CT molecular complexity index is 744. The lowest BCUT2D eigenvalue weighted by atomic mass is 9.81. The molecule has 0 radical (unpaired) electrons. The Hall–Kier alpha value is -2.77. The van der Waals surface area contributed by atoms with Gasteiger partial charge in [0.05, 0.1) is 5.41 Å². The molecule has 1 unspecified atom stereocenters. The number of tetrazole rings is 1. The summed E-state index contributed by atoms with van der Waals surface area (Å²) < 4.78 is 1.38. The van der Waals surface area contributed by atoms with E-state index in [1.807, 2.05) is 24.3 Å². The van der Waals surface area contributed by atoms with Crippen LogP contribution in [-0.4, -0.2) is 50.0 Å². The molecule has 0 aliphatic carbocycles. The Morgan fingerprint density at radius 3 is 3.05 bits per heavy atom. The highest BCUT2D eigenvalue weighted by Crippen LogP contribution is 2.43. The minimum Gasteiger partial charge on any atom is -0.340 e. The molecule has 1 spiro atoms. The normalized spacial score (nSPS) is 22.9. The molecule has 3 heterocycles. The van der Waals surface area contributed by atoms with Crippen molar-refractivity contribution in [3.63, 3.8) is 0 Å². The molecule has 8 nitrogen and oxygen atoms in total. The summed E-state index contributed by atoms with van der Waals surface area (Å²) in [6, 6.07) is 7.68. The van der Waals surface area contributed by atoms with Crippen molar-refractivity contribution in [1.82, 2.24) is 25.1 Å². The number of carbonyl (C=O) groups excluding carboxylic acids is 2. The quantitative estimate of drug-likeness (QED) is 0.828. The first-order valence-electron chi connectivity index (χ1n) is 7.08. The van der Waals surface area contributed by atoms with Gasteiger partial charge in [0.2, 0.25) is 11.8 Å². The molecule has 1 aromatic carbocycles. The van der Waals surface area contributed by atoms with E-state index in [0.29, 0.717) is 19.5 Å². The largest absolute Gasteiger partial charge is 0.340 e. The van der Waals surface area contributed by atoms with Crippen molar-refractivity contribution in [2.45, 2.75) is 18.4 Å². The molecule has 1 atom stereocenters. The first-order chi connectivity index (χ1) is 10.7. The van der Waals surface area contributed by atoms with Crippen LogP contribution in [-0.2, 0) is 21.5 Å². The number of benzene rings is 1. The predicted octanol–water partition coefficient (Wildman–Crippen LogP) is -0.204. The van der Waals surface area contributed by atoms with E-state index < -0.39 is 5.41 Å². The van der Waals surface area contributed by atoms with E-state index in [1.165, 1.54) is 11.0 Å². The number of carbonyl (C=O) groups is 2. The second-order valence-electron chi connectivity index (χ2n) is 5.65. The summed E-state index contributed by atoms with van der Waals surface area (Å²) in [6.45, 7) is 1.05. The van der Waals surface area contributed by atoms with Crippen LogP contribution in [0.25, 0.3) is 0 Å². The SMILES string of the molecule is O=C(Cn1cnnn1)N1CCC2(C1)C(=O)Nc1ccccc12. The molecule has 22 heavy (non-hydrogen) atoms. The van der Waals surface area contributed by atoms with Crippen LogP contribution in [0, 0.1) is 0 Å². The molecule has 0 saturated carbocycles. The third-order valence-corrected chi connectivity index (χ3v) is 4.44. The third-order valence-electron chi connectivity index (χ3n) is 4.44. The third kappa shape index (κ3) is 1.80. The lowest BCUT2D eigenvalue weighted by Crippen LogP contribution is -2.40. The summed E-state index contributed by atoms with van der Waals surface area (Å²) in [6.07, 6.45) is 2.04. The molecule has 1 saturated heterocycles. The molecular formula is C14H14N6O2. The average Bonchev–Trinajstić information content (AvgIpc) is 3.22. The fraction of sp³-hybridized carbons (Fsp3) is 0.357. The molecule has 2 amide bonds. The second-order valence-corrected chi connectivity index (χ2v) is 5.65. The topological polar surface area (TPSA) is 93.0 Å². The molecule has 8 heteroatoms. The number of fused-ring (bicyclic) bond motifs is 2. The average molecular weight is 298 g/mol. The first kappa shape index (κ1) is 12.9. The fourth-order valence-corrected chi connectivity index (χ4v) is 3.29. The summed E-state index contributed by atoms with van der Waals surface area (Å²) in [5.74, 6) is -0.104.